The lowest BCUT2D eigenvalue weighted by Crippen LogP contribution is -2.00. The molecule has 5 heteroatoms. The molecule has 0 fully saturated rings. The fraction of sp³-hybridized carbons (Fsp3) is 0. The summed E-state index contributed by atoms with van der Waals surface area (Å²) in [4.78, 5) is 19.1. The van der Waals surface area contributed by atoms with E-state index in [2.05, 4.69) is 9.97 Å². The SMILES string of the molecule is O=C(O)c1cnccc1-c1cnc2occc2c1. The fourth-order valence-electron chi connectivity index (χ4n) is 1.82. The van der Waals surface area contributed by atoms with Crippen molar-refractivity contribution in [2.45, 2.75) is 0 Å². The Morgan fingerprint density at radius 3 is 3.00 bits per heavy atom. The van der Waals surface area contributed by atoms with Crippen molar-refractivity contribution in [3.05, 3.63) is 48.6 Å². The van der Waals surface area contributed by atoms with Crippen LogP contribution >= 0.6 is 0 Å². The highest BCUT2D eigenvalue weighted by molar-refractivity contribution is 5.96. The Balaban J connectivity index is 2.22. The summed E-state index contributed by atoms with van der Waals surface area (Å²) in [5.74, 6) is -1.01. The first-order valence-electron chi connectivity index (χ1n) is 5.26. The fourth-order valence-corrected chi connectivity index (χ4v) is 1.82. The van der Waals surface area contributed by atoms with Crippen LogP contribution in [-0.4, -0.2) is 21.0 Å². The van der Waals surface area contributed by atoms with E-state index < -0.39 is 5.97 Å². The van der Waals surface area contributed by atoms with Gasteiger partial charge in [0.2, 0.25) is 5.71 Å². The molecule has 3 aromatic rings. The van der Waals surface area contributed by atoms with Gasteiger partial charge in [-0.2, -0.15) is 0 Å². The molecule has 3 heterocycles. The molecule has 1 N–H and O–H groups in total. The van der Waals surface area contributed by atoms with Crippen LogP contribution in [0.25, 0.3) is 22.2 Å². The third kappa shape index (κ3) is 1.62. The summed E-state index contributed by atoms with van der Waals surface area (Å²) in [7, 11) is 0. The number of pyridine rings is 2. The number of aromatic nitrogens is 2. The zero-order chi connectivity index (χ0) is 12.5. The molecule has 0 bridgehead atoms. The zero-order valence-electron chi connectivity index (χ0n) is 9.20. The number of hydrogen-bond donors (Lipinski definition) is 1. The summed E-state index contributed by atoms with van der Waals surface area (Å²) in [6.07, 6.45) is 6.03. The van der Waals surface area contributed by atoms with Crippen LogP contribution in [0.5, 0.6) is 0 Å². The van der Waals surface area contributed by atoms with Gasteiger partial charge < -0.3 is 9.52 Å². The Morgan fingerprint density at radius 1 is 1.28 bits per heavy atom. The van der Waals surface area contributed by atoms with E-state index >= 15 is 0 Å². The number of carboxylic acids is 1. The molecule has 0 radical (unpaired) electrons. The molecule has 18 heavy (non-hydrogen) atoms. The van der Waals surface area contributed by atoms with Crippen LogP contribution in [0.2, 0.25) is 0 Å². The molecular weight excluding hydrogens is 232 g/mol. The Hall–Kier alpha value is -2.69. The second-order valence-corrected chi connectivity index (χ2v) is 3.77. The van der Waals surface area contributed by atoms with Crippen LogP contribution in [-0.2, 0) is 0 Å². The summed E-state index contributed by atoms with van der Waals surface area (Å²) in [5.41, 5.74) is 2.00. The van der Waals surface area contributed by atoms with Crippen molar-refractivity contribution in [1.29, 1.82) is 0 Å². The Kier molecular flexibility index (Phi) is 2.30. The van der Waals surface area contributed by atoms with Gasteiger partial charge >= 0.3 is 5.97 Å². The van der Waals surface area contributed by atoms with E-state index in [9.17, 15) is 4.79 Å². The van der Waals surface area contributed by atoms with Gasteiger partial charge in [0.15, 0.2) is 0 Å². The van der Waals surface area contributed by atoms with E-state index in [1.165, 1.54) is 6.20 Å². The Morgan fingerprint density at radius 2 is 2.17 bits per heavy atom. The van der Waals surface area contributed by atoms with Gasteiger partial charge in [0.05, 0.1) is 11.8 Å². The number of nitrogens with zero attached hydrogens (tertiary/aromatic N) is 2. The minimum atomic E-state index is -1.01. The van der Waals surface area contributed by atoms with E-state index in [0.717, 1.165) is 10.9 Å². The maximum atomic E-state index is 11.1. The summed E-state index contributed by atoms with van der Waals surface area (Å²) in [5, 5.41) is 9.96. The average Bonchev–Trinajstić information content (AvgIpc) is 2.85. The van der Waals surface area contributed by atoms with Crippen LogP contribution in [0.15, 0.2) is 47.5 Å². The molecule has 3 aromatic heterocycles. The third-order valence-corrected chi connectivity index (χ3v) is 2.67. The number of rotatable bonds is 2. The van der Waals surface area contributed by atoms with Gasteiger partial charge in [-0.25, -0.2) is 9.78 Å². The number of hydrogen-bond acceptors (Lipinski definition) is 4. The quantitative estimate of drug-likeness (QED) is 0.745. The lowest BCUT2D eigenvalue weighted by molar-refractivity contribution is 0.0697. The molecule has 0 amide bonds. The van der Waals surface area contributed by atoms with E-state index in [1.807, 2.05) is 6.07 Å². The van der Waals surface area contributed by atoms with Crippen molar-refractivity contribution in [2.24, 2.45) is 0 Å². The predicted octanol–water partition coefficient (Wildman–Crippen LogP) is 2.59. The van der Waals surface area contributed by atoms with E-state index in [0.29, 0.717) is 11.3 Å². The van der Waals surface area contributed by atoms with Crippen LogP contribution in [0.1, 0.15) is 10.4 Å². The van der Waals surface area contributed by atoms with Gasteiger partial charge in [0.1, 0.15) is 0 Å². The normalized spacial score (nSPS) is 10.7. The average molecular weight is 240 g/mol. The molecule has 0 aliphatic heterocycles. The van der Waals surface area contributed by atoms with E-state index in [1.54, 1.807) is 30.8 Å². The zero-order valence-corrected chi connectivity index (χ0v) is 9.20. The molecule has 0 atom stereocenters. The van der Waals surface area contributed by atoms with E-state index in [-0.39, 0.29) is 5.56 Å². The molecule has 0 spiro atoms. The van der Waals surface area contributed by atoms with Gasteiger partial charge in [0.25, 0.3) is 0 Å². The highest BCUT2D eigenvalue weighted by Crippen LogP contribution is 2.25. The maximum absolute atomic E-state index is 11.1. The maximum Gasteiger partial charge on any atom is 0.337 e. The molecule has 88 valence electrons. The highest BCUT2D eigenvalue weighted by atomic mass is 16.4. The predicted molar refractivity (Wildman–Crippen MR) is 64.2 cm³/mol. The first-order chi connectivity index (χ1) is 8.75. The number of carboxylic acid groups (broad SMARTS) is 1. The lowest BCUT2D eigenvalue weighted by Gasteiger charge is -2.04. The van der Waals surface area contributed by atoms with Crippen LogP contribution in [0.4, 0.5) is 0 Å². The van der Waals surface area contributed by atoms with Gasteiger partial charge in [-0.15, -0.1) is 0 Å². The molecule has 0 aliphatic rings. The molecule has 0 aliphatic carbocycles. The largest absolute Gasteiger partial charge is 0.478 e. The number of furan rings is 1. The van der Waals surface area contributed by atoms with Gasteiger partial charge in [0, 0.05) is 35.1 Å². The van der Waals surface area contributed by atoms with Crippen LogP contribution in [0, 0.1) is 0 Å². The van der Waals surface area contributed by atoms with Gasteiger partial charge in [-0.3, -0.25) is 4.98 Å². The summed E-state index contributed by atoms with van der Waals surface area (Å²) < 4.78 is 5.15. The number of fused-ring (bicyclic) bond motifs is 1. The van der Waals surface area contributed by atoms with Crippen molar-refractivity contribution in [2.75, 3.05) is 0 Å². The van der Waals surface area contributed by atoms with Crippen molar-refractivity contribution in [1.82, 2.24) is 9.97 Å². The topological polar surface area (TPSA) is 76.2 Å². The molecular formula is C13H8N2O3. The number of carbonyl (C=O) groups is 1. The van der Waals surface area contributed by atoms with Crippen molar-refractivity contribution in [3.63, 3.8) is 0 Å². The van der Waals surface area contributed by atoms with Crippen molar-refractivity contribution >= 4 is 17.1 Å². The number of aromatic carboxylic acids is 1. The van der Waals surface area contributed by atoms with Crippen LogP contribution in [0.3, 0.4) is 0 Å². The molecule has 0 saturated carbocycles. The summed E-state index contributed by atoms with van der Waals surface area (Å²) in [6.45, 7) is 0. The smallest absolute Gasteiger partial charge is 0.337 e. The van der Waals surface area contributed by atoms with E-state index in [4.69, 9.17) is 9.52 Å². The minimum Gasteiger partial charge on any atom is -0.478 e. The second-order valence-electron chi connectivity index (χ2n) is 3.77. The first-order valence-corrected chi connectivity index (χ1v) is 5.26. The summed E-state index contributed by atoms with van der Waals surface area (Å²) in [6, 6.07) is 5.29. The standard InChI is InChI=1S/C13H8N2O3/c16-13(17)11-7-14-3-1-10(11)9-5-8-2-4-18-12(8)15-6-9/h1-7H,(H,16,17). The molecule has 3 rings (SSSR count). The Labute approximate surface area is 102 Å². The second kappa shape index (κ2) is 3.96. The first kappa shape index (κ1) is 10.5. The van der Waals surface area contributed by atoms with Crippen LogP contribution < -0.4 is 0 Å². The molecule has 0 saturated heterocycles. The van der Waals surface area contributed by atoms with Crippen molar-refractivity contribution in [3.8, 4) is 11.1 Å². The minimum absolute atomic E-state index is 0.155. The van der Waals surface area contributed by atoms with Gasteiger partial charge in [-0.05, 0) is 18.2 Å². The third-order valence-electron chi connectivity index (χ3n) is 2.67. The lowest BCUT2D eigenvalue weighted by atomic mass is 10.0. The monoisotopic (exact) mass is 240 g/mol. The summed E-state index contributed by atoms with van der Waals surface area (Å²) >= 11 is 0. The molecule has 5 nitrogen and oxygen atoms in total. The van der Waals surface area contributed by atoms with Gasteiger partial charge in [-0.1, -0.05) is 0 Å². The molecule has 0 unspecified atom stereocenters. The van der Waals surface area contributed by atoms with Crippen molar-refractivity contribution < 1.29 is 14.3 Å². The molecule has 0 aromatic carbocycles. The Bertz CT molecular complexity index is 734. The highest BCUT2D eigenvalue weighted by Gasteiger charge is 2.12.